The highest BCUT2D eigenvalue weighted by molar-refractivity contribution is 5.92. The number of nitrogens with one attached hydrogen (secondary N) is 1. The smallest absolute Gasteiger partial charge is 0.223 e. The van der Waals surface area contributed by atoms with Gasteiger partial charge in [0.2, 0.25) is 5.91 Å². The summed E-state index contributed by atoms with van der Waals surface area (Å²) in [6.45, 7) is 6.36. The molecule has 1 heterocycles. The number of ether oxygens (including phenoxy) is 1. The Morgan fingerprint density at radius 3 is 2.73 bits per heavy atom. The van der Waals surface area contributed by atoms with Crippen LogP contribution in [0.5, 0.6) is 0 Å². The first-order valence-electron chi connectivity index (χ1n) is 7.72. The van der Waals surface area contributed by atoms with E-state index in [1.807, 2.05) is 19.1 Å². The van der Waals surface area contributed by atoms with E-state index in [9.17, 15) is 9.70 Å². The highest BCUT2D eigenvalue weighted by atomic mass is 16.5. The van der Waals surface area contributed by atoms with Crippen LogP contribution in [-0.4, -0.2) is 32.2 Å². The predicted octanol–water partition coefficient (Wildman–Crippen LogP) is 3.30. The number of hydrogen-bond donors (Lipinski definition) is 1. The molecule has 120 valence electrons. The van der Waals surface area contributed by atoms with Crippen LogP contribution in [0.1, 0.15) is 26.7 Å². The van der Waals surface area contributed by atoms with E-state index in [1.54, 1.807) is 11.0 Å². The molecule has 1 amide bonds. The highest BCUT2D eigenvalue weighted by Crippen LogP contribution is 2.31. The van der Waals surface area contributed by atoms with E-state index in [2.05, 4.69) is 10.5 Å². The molecular formula is C16H23N3O3. The molecule has 1 saturated heterocycles. The van der Waals surface area contributed by atoms with Crippen LogP contribution in [0.2, 0.25) is 0 Å². The fraction of sp³-hybridized carbons (Fsp3) is 0.562. The second kappa shape index (κ2) is 7.89. The standard InChI is InChI=1S/C16H23N3O3/c1-3-19(12(2)20)14-4-5-15(16(10-14)18-21)17-11-13-6-8-22-9-7-13/h4-5,10,13,17H,3,6-9,11H2,1-2H3. The molecule has 0 saturated carbocycles. The Morgan fingerprint density at radius 2 is 2.14 bits per heavy atom. The van der Waals surface area contributed by atoms with E-state index in [0.717, 1.165) is 32.6 Å². The Kier molecular flexibility index (Phi) is 5.89. The van der Waals surface area contributed by atoms with Crippen molar-refractivity contribution >= 4 is 23.0 Å². The van der Waals surface area contributed by atoms with Crippen LogP contribution >= 0.6 is 0 Å². The van der Waals surface area contributed by atoms with Crippen LogP contribution in [0, 0.1) is 10.8 Å². The van der Waals surface area contributed by atoms with Gasteiger partial charge in [0.15, 0.2) is 0 Å². The van der Waals surface area contributed by atoms with Gasteiger partial charge in [0, 0.05) is 38.9 Å². The van der Waals surface area contributed by atoms with Crippen molar-refractivity contribution in [2.24, 2.45) is 11.1 Å². The van der Waals surface area contributed by atoms with Gasteiger partial charge in [0.1, 0.15) is 5.69 Å². The molecular weight excluding hydrogens is 282 g/mol. The van der Waals surface area contributed by atoms with E-state index >= 15 is 0 Å². The van der Waals surface area contributed by atoms with Crippen molar-refractivity contribution in [3.63, 3.8) is 0 Å². The summed E-state index contributed by atoms with van der Waals surface area (Å²) in [5, 5.41) is 6.39. The first-order chi connectivity index (χ1) is 10.7. The van der Waals surface area contributed by atoms with E-state index in [1.165, 1.54) is 6.92 Å². The number of anilines is 2. The third kappa shape index (κ3) is 4.04. The van der Waals surface area contributed by atoms with Crippen LogP contribution in [0.25, 0.3) is 0 Å². The van der Waals surface area contributed by atoms with Crippen molar-refractivity contribution in [3.05, 3.63) is 23.1 Å². The van der Waals surface area contributed by atoms with Crippen molar-refractivity contribution in [2.75, 3.05) is 36.5 Å². The molecule has 1 aromatic carbocycles. The number of carbonyl (C=O) groups excluding carboxylic acids is 1. The molecule has 2 rings (SSSR count). The fourth-order valence-corrected chi connectivity index (χ4v) is 2.70. The minimum Gasteiger partial charge on any atom is -0.383 e. The molecule has 0 spiro atoms. The lowest BCUT2D eigenvalue weighted by Crippen LogP contribution is -2.27. The van der Waals surface area contributed by atoms with Gasteiger partial charge in [-0.1, -0.05) is 0 Å². The molecule has 0 unspecified atom stereocenters. The Morgan fingerprint density at radius 1 is 1.41 bits per heavy atom. The SMILES string of the molecule is CCN(C(C)=O)c1ccc(NCC2CCOCC2)c(N=O)c1. The number of nitrogens with zero attached hydrogens (tertiary/aromatic N) is 2. The van der Waals surface area contributed by atoms with Gasteiger partial charge in [-0.15, -0.1) is 4.91 Å². The summed E-state index contributed by atoms with van der Waals surface area (Å²) in [6.07, 6.45) is 2.06. The van der Waals surface area contributed by atoms with Crippen LogP contribution in [0.4, 0.5) is 17.1 Å². The number of nitroso groups, excluding NO2 is 1. The summed E-state index contributed by atoms with van der Waals surface area (Å²) in [4.78, 5) is 24.3. The molecule has 1 aromatic rings. The van der Waals surface area contributed by atoms with Gasteiger partial charge >= 0.3 is 0 Å². The van der Waals surface area contributed by atoms with Gasteiger partial charge in [-0.25, -0.2) is 0 Å². The lowest BCUT2D eigenvalue weighted by molar-refractivity contribution is -0.116. The molecule has 0 aliphatic carbocycles. The number of hydrogen-bond acceptors (Lipinski definition) is 5. The monoisotopic (exact) mass is 305 g/mol. The van der Waals surface area contributed by atoms with Gasteiger partial charge in [-0.05, 0) is 49.1 Å². The topological polar surface area (TPSA) is 71.0 Å². The maximum atomic E-state index is 11.6. The van der Waals surface area contributed by atoms with E-state index in [0.29, 0.717) is 29.5 Å². The van der Waals surface area contributed by atoms with Gasteiger partial charge in [0.25, 0.3) is 0 Å². The molecule has 0 atom stereocenters. The molecule has 1 fully saturated rings. The van der Waals surface area contributed by atoms with Crippen LogP contribution in [0.15, 0.2) is 23.4 Å². The summed E-state index contributed by atoms with van der Waals surface area (Å²) in [6, 6.07) is 5.31. The molecule has 0 radical (unpaired) electrons. The molecule has 6 heteroatoms. The summed E-state index contributed by atoms with van der Waals surface area (Å²) in [5.74, 6) is 0.500. The molecule has 1 N–H and O–H groups in total. The second-order valence-electron chi connectivity index (χ2n) is 5.49. The largest absolute Gasteiger partial charge is 0.383 e. The third-order valence-corrected chi connectivity index (χ3v) is 4.01. The second-order valence-corrected chi connectivity index (χ2v) is 5.49. The van der Waals surface area contributed by atoms with E-state index in [4.69, 9.17) is 4.74 Å². The third-order valence-electron chi connectivity index (χ3n) is 4.01. The summed E-state index contributed by atoms with van der Waals surface area (Å²) in [7, 11) is 0. The average molecular weight is 305 g/mol. The Bertz CT molecular complexity index is 527. The van der Waals surface area contributed by atoms with Gasteiger partial charge < -0.3 is 15.0 Å². The van der Waals surface area contributed by atoms with Crippen molar-refractivity contribution < 1.29 is 9.53 Å². The zero-order chi connectivity index (χ0) is 15.9. The Hall–Kier alpha value is -1.95. The summed E-state index contributed by atoms with van der Waals surface area (Å²) >= 11 is 0. The predicted molar refractivity (Wildman–Crippen MR) is 87.6 cm³/mol. The van der Waals surface area contributed by atoms with Crippen molar-refractivity contribution in [1.29, 1.82) is 0 Å². The van der Waals surface area contributed by atoms with Crippen molar-refractivity contribution in [1.82, 2.24) is 0 Å². The average Bonchev–Trinajstić information content (AvgIpc) is 2.54. The normalized spacial score (nSPS) is 15.4. The summed E-state index contributed by atoms with van der Waals surface area (Å²) < 4.78 is 5.34. The molecule has 1 aliphatic rings. The van der Waals surface area contributed by atoms with Gasteiger partial charge in [-0.2, -0.15) is 0 Å². The molecule has 6 nitrogen and oxygen atoms in total. The minimum absolute atomic E-state index is 0.0535. The minimum atomic E-state index is -0.0535. The first-order valence-corrected chi connectivity index (χ1v) is 7.72. The molecule has 0 aromatic heterocycles. The number of amides is 1. The maximum Gasteiger partial charge on any atom is 0.223 e. The quantitative estimate of drug-likeness (QED) is 0.819. The van der Waals surface area contributed by atoms with E-state index < -0.39 is 0 Å². The van der Waals surface area contributed by atoms with Crippen molar-refractivity contribution in [3.8, 4) is 0 Å². The van der Waals surface area contributed by atoms with Crippen LogP contribution < -0.4 is 10.2 Å². The molecule has 1 aliphatic heterocycles. The number of rotatable bonds is 6. The number of carbonyl (C=O) groups is 1. The Balaban J connectivity index is 2.08. The zero-order valence-corrected chi connectivity index (χ0v) is 13.2. The number of benzene rings is 1. The first kappa shape index (κ1) is 16.4. The van der Waals surface area contributed by atoms with Gasteiger partial charge in [-0.3, -0.25) is 4.79 Å². The van der Waals surface area contributed by atoms with Crippen LogP contribution in [0.3, 0.4) is 0 Å². The summed E-state index contributed by atoms with van der Waals surface area (Å²) in [5.41, 5.74) is 1.75. The highest BCUT2D eigenvalue weighted by Gasteiger charge is 2.16. The maximum absolute atomic E-state index is 11.6. The fourth-order valence-electron chi connectivity index (χ4n) is 2.70. The zero-order valence-electron chi connectivity index (χ0n) is 13.2. The molecule has 0 bridgehead atoms. The van der Waals surface area contributed by atoms with Crippen LogP contribution in [-0.2, 0) is 9.53 Å². The molecule has 22 heavy (non-hydrogen) atoms. The lowest BCUT2D eigenvalue weighted by Gasteiger charge is -2.23. The van der Waals surface area contributed by atoms with E-state index in [-0.39, 0.29) is 5.91 Å². The van der Waals surface area contributed by atoms with Crippen molar-refractivity contribution in [2.45, 2.75) is 26.7 Å². The lowest BCUT2D eigenvalue weighted by atomic mass is 10.0. The Labute approximate surface area is 130 Å². The van der Waals surface area contributed by atoms with Gasteiger partial charge in [0.05, 0.1) is 5.69 Å².